The molecule has 0 aliphatic carbocycles. The highest BCUT2D eigenvalue weighted by atomic mass is 35.5. The maximum Gasteiger partial charge on any atom is 0.139 e. The number of hydrogen-bond acceptors (Lipinski definition) is 6. The molecule has 1 fully saturated rings. The monoisotopic (exact) mass is 462 g/mol. The molecule has 0 bridgehead atoms. The summed E-state index contributed by atoms with van der Waals surface area (Å²) in [6.45, 7) is 5.77. The zero-order valence-corrected chi connectivity index (χ0v) is 19.8. The molecule has 5 heterocycles. The Kier molecular flexibility index (Phi) is 6.80. The van der Waals surface area contributed by atoms with E-state index in [2.05, 4.69) is 42.4 Å². The molecule has 0 amide bonds. The van der Waals surface area contributed by atoms with E-state index in [1.165, 1.54) is 0 Å². The van der Waals surface area contributed by atoms with Gasteiger partial charge in [-0.2, -0.15) is 10.4 Å². The maximum atomic E-state index is 8.95. The lowest BCUT2D eigenvalue weighted by Gasteiger charge is -2.33. The normalized spacial score (nSPS) is 14.0. The first-order chi connectivity index (χ1) is 16.1. The van der Waals surface area contributed by atoms with Crippen LogP contribution in [0.4, 0.5) is 11.5 Å². The number of nitrogens with zero attached hydrogens (tertiary/aromatic N) is 6. The molecule has 9 heteroatoms. The summed E-state index contributed by atoms with van der Waals surface area (Å²) >= 11 is 6.53. The van der Waals surface area contributed by atoms with E-state index in [1.54, 1.807) is 17.1 Å². The Morgan fingerprint density at radius 1 is 1.15 bits per heavy atom. The predicted molar refractivity (Wildman–Crippen MR) is 132 cm³/mol. The summed E-state index contributed by atoms with van der Waals surface area (Å²) in [5.74, 6) is 0.911. The van der Waals surface area contributed by atoms with Crippen molar-refractivity contribution < 1.29 is 0 Å². The minimum atomic E-state index is 0.300. The van der Waals surface area contributed by atoms with E-state index < -0.39 is 0 Å². The Morgan fingerprint density at radius 3 is 2.58 bits per heavy atom. The van der Waals surface area contributed by atoms with Crippen LogP contribution in [0.2, 0.25) is 5.02 Å². The standard InChI is InChI=1S/C22H21ClN8.C2H6/c1-30-13-15(11-27-30)19-8-17-21(18(23)12-26-22(17)29-19)28-16-4-6-31(7-5-16)20-3-2-14(9-24)10-25-20;1-2/h2-3,8,10-13,16H,4-7H2,1H3,(H2,26,28,29);1-2H3. The molecule has 4 aromatic heterocycles. The topological polar surface area (TPSA) is 98.5 Å². The predicted octanol–water partition coefficient (Wildman–Crippen LogP) is 4.99. The zero-order chi connectivity index (χ0) is 23.4. The van der Waals surface area contributed by atoms with Crippen LogP contribution in [0.15, 0.2) is 43.0 Å². The van der Waals surface area contributed by atoms with Crippen LogP contribution in [0.25, 0.3) is 22.3 Å². The third-order valence-electron chi connectivity index (χ3n) is 5.67. The molecule has 0 spiro atoms. The number of nitrogens with one attached hydrogen (secondary N) is 2. The first-order valence-corrected chi connectivity index (χ1v) is 11.5. The van der Waals surface area contributed by atoms with E-state index in [0.717, 1.165) is 59.7 Å². The van der Waals surface area contributed by atoms with E-state index in [0.29, 0.717) is 16.6 Å². The molecule has 4 aromatic rings. The van der Waals surface area contributed by atoms with Crippen LogP contribution in [0.5, 0.6) is 0 Å². The van der Waals surface area contributed by atoms with Crippen molar-refractivity contribution in [2.75, 3.05) is 23.3 Å². The van der Waals surface area contributed by atoms with Crippen molar-refractivity contribution in [3.8, 4) is 17.3 Å². The number of aryl methyl sites for hydroxylation is 1. The van der Waals surface area contributed by atoms with Gasteiger partial charge in [-0.3, -0.25) is 4.68 Å². The van der Waals surface area contributed by atoms with Gasteiger partial charge in [0, 0.05) is 49.5 Å². The molecule has 8 nitrogen and oxygen atoms in total. The van der Waals surface area contributed by atoms with E-state index in [4.69, 9.17) is 16.9 Å². The van der Waals surface area contributed by atoms with Gasteiger partial charge in [-0.25, -0.2) is 9.97 Å². The number of nitriles is 1. The third kappa shape index (κ3) is 4.78. The summed E-state index contributed by atoms with van der Waals surface area (Å²) in [5.41, 5.74) is 4.25. The Balaban J connectivity index is 0.00000126. The number of rotatable bonds is 4. The number of pyridine rings is 2. The molecule has 33 heavy (non-hydrogen) atoms. The highest BCUT2D eigenvalue weighted by molar-refractivity contribution is 6.34. The average Bonchev–Trinajstić information content (AvgIpc) is 3.49. The van der Waals surface area contributed by atoms with Crippen molar-refractivity contribution >= 4 is 34.1 Å². The average molecular weight is 463 g/mol. The summed E-state index contributed by atoms with van der Waals surface area (Å²) in [7, 11) is 1.90. The maximum absolute atomic E-state index is 8.95. The van der Waals surface area contributed by atoms with Gasteiger partial charge >= 0.3 is 0 Å². The summed E-state index contributed by atoms with van der Waals surface area (Å²) < 4.78 is 1.77. The Morgan fingerprint density at radius 2 is 1.94 bits per heavy atom. The van der Waals surface area contributed by atoms with Crippen molar-refractivity contribution in [2.24, 2.45) is 7.05 Å². The molecule has 1 aliphatic rings. The number of aromatic nitrogens is 5. The van der Waals surface area contributed by atoms with Gasteiger partial charge in [-0.05, 0) is 31.0 Å². The zero-order valence-electron chi connectivity index (χ0n) is 19.0. The molecule has 0 atom stereocenters. The van der Waals surface area contributed by atoms with Crippen LogP contribution >= 0.6 is 11.6 Å². The van der Waals surface area contributed by atoms with Crippen LogP contribution in [0, 0.1) is 11.3 Å². The lowest BCUT2D eigenvalue weighted by atomic mass is 10.0. The molecule has 0 saturated carbocycles. The second-order valence-electron chi connectivity index (χ2n) is 7.75. The quantitative estimate of drug-likeness (QED) is 0.443. The Hall–Kier alpha value is -3.57. The smallest absolute Gasteiger partial charge is 0.139 e. The molecule has 0 radical (unpaired) electrons. The van der Waals surface area contributed by atoms with Gasteiger partial charge in [0.2, 0.25) is 0 Å². The lowest BCUT2D eigenvalue weighted by Crippen LogP contribution is -2.39. The molecule has 0 aromatic carbocycles. The number of fused-ring (bicyclic) bond motifs is 1. The Labute approximate surface area is 198 Å². The fourth-order valence-corrected chi connectivity index (χ4v) is 4.21. The summed E-state index contributed by atoms with van der Waals surface area (Å²) in [4.78, 5) is 14.5. The van der Waals surface area contributed by atoms with Gasteiger partial charge in [0.25, 0.3) is 0 Å². The van der Waals surface area contributed by atoms with Crippen LogP contribution in [0.3, 0.4) is 0 Å². The first-order valence-electron chi connectivity index (χ1n) is 11.1. The highest BCUT2D eigenvalue weighted by Crippen LogP contribution is 2.34. The molecular weight excluding hydrogens is 436 g/mol. The molecule has 1 aliphatic heterocycles. The van der Waals surface area contributed by atoms with Crippen LogP contribution in [-0.2, 0) is 7.05 Å². The summed E-state index contributed by atoms with van der Waals surface area (Å²) in [6, 6.07) is 8.21. The summed E-state index contributed by atoms with van der Waals surface area (Å²) in [5, 5.41) is 18.4. The van der Waals surface area contributed by atoms with Crippen LogP contribution < -0.4 is 10.2 Å². The largest absolute Gasteiger partial charge is 0.380 e. The van der Waals surface area contributed by atoms with Crippen molar-refractivity contribution in [3.05, 3.63) is 53.6 Å². The fourth-order valence-electron chi connectivity index (χ4n) is 4.01. The van der Waals surface area contributed by atoms with Gasteiger partial charge in [-0.1, -0.05) is 25.4 Å². The molecule has 0 unspecified atom stereocenters. The van der Waals surface area contributed by atoms with Crippen molar-refractivity contribution in [3.63, 3.8) is 0 Å². The van der Waals surface area contributed by atoms with Crippen LogP contribution in [0.1, 0.15) is 32.3 Å². The second kappa shape index (κ2) is 9.92. The molecular formula is C24H27ClN8. The van der Waals surface area contributed by atoms with E-state index in [9.17, 15) is 0 Å². The fraction of sp³-hybridized carbons (Fsp3) is 0.333. The third-order valence-corrected chi connectivity index (χ3v) is 5.96. The SMILES string of the molecule is CC.Cn1cc(-c2cc3c(NC4CCN(c5ccc(C#N)cn5)CC4)c(Cl)cnc3[nH]2)cn1. The molecule has 5 rings (SSSR count). The lowest BCUT2D eigenvalue weighted by molar-refractivity contribution is 0.524. The molecule has 1 saturated heterocycles. The summed E-state index contributed by atoms with van der Waals surface area (Å²) in [6.07, 6.45) is 9.02. The molecule has 2 N–H and O–H groups in total. The van der Waals surface area contributed by atoms with Gasteiger partial charge < -0.3 is 15.2 Å². The van der Waals surface area contributed by atoms with Crippen molar-refractivity contribution in [1.82, 2.24) is 24.7 Å². The number of aromatic amines is 1. The molecule has 170 valence electrons. The number of hydrogen-bond donors (Lipinski definition) is 2. The van der Waals surface area contributed by atoms with E-state index in [-0.39, 0.29) is 0 Å². The number of halogens is 1. The van der Waals surface area contributed by atoms with Crippen molar-refractivity contribution in [1.29, 1.82) is 5.26 Å². The van der Waals surface area contributed by atoms with E-state index in [1.807, 2.05) is 45.4 Å². The minimum Gasteiger partial charge on any atom is -0.380 e. The number of H-pyrrole nitrogens is 1. The van der Waals surface area contributed by atoms with Gasteiger partial charge in [-0.15, -0.1) is 0 Å². The Bertz CT molecular complexity index is 1260. The number of anilines is 2. The van der Waals surface area contributed by atoms with Gasteiger partial charge in [0.1, 0.15) is 17.5 Å². The van der Waals surface area contributed by atoms with Gasteiger partial charge in [0.05, 0.1) is 34.4 Å². The number of piperidine rings is 1. The van der Waals surface area contributed by atoms with E-state index >= 15 is 0 Å². The van der Waals surface area contributed by atoms with Gasteiger partial charge in [0.15, 0.2) is 0 Å². The minimum absolute atomic E-state index is 0.300. The highest BCUT2D eigenvalue weighted by Gasteiger charge is 2.22. The van der Waals surface area contributed by atoms with Crippen molar-refractivity contribution in [2.45, 2.75) is 32.7 Å². The first kappa shape index (κ1) is 22.6. The second-order valence-corrected chi connectivity index (χ2v) is 8.16. The van der Waals surface area contributed by atoms with Crippen LogP contribution in [-0.4, -0.2) is 43.9 Å².